The summed E-state index contributed by atoms with van der Waals surface area (Å²) in [6.45, 7) is 5.09. The van der Waals surface area contributed by atoms with Crippen molar-refractivity contribution >= 4 is 11.6 Å². The third-order valence-corrected chi connectivity index (χ3v) is 3.10. The quantitative estimate of drug-likeness (QED) is 0.850. The van der Waals surface area contributed by atoms with E-state index in [0.29, 0.717) is 6.54 Å². The second-order valence-corrected chi connectivity index (χ2v) is 4.54. The molecule has 98 valence electrons. The first-order chi connectivity index (χ1) is 8.70. The van der Waals surface area contributed by atoms with Crippen LogP contribution in [0.3, 0.4) is 0 Å². The number of fused-ring (bicyclic) bond motifs is 1. The molecule has 1 aliphatic rings. The number of ether oxygens (including phenoxy) is 1. The van der Waals surface area contributed by atoms with Crippen molar-refractivity contribution in [2.45, 2.75) is 32.5 Å². The van der Waals surface area contributed by atoms with E-state index in [2.05, 4.69) is 22.8 Å². The van der Waals surface area contributed by atoms with Crippen LogP contribution in [-0.4, -0.2) is 31.2 Å². The van der Waals surface area contributed by atoms with E-state index in [1.165, 1.54) is 11.3 Å². The molecule has 0 radical (unpaired) electrons. The number of hydrogen-bond acceptors (Lipinski definition) is 3. The highest BCUT2D eigenvalue weighted by atomic mass is 16.5. The molecule has 2 rings (SSSR count). The second-order valence-electron chi connectivity index (χ2n) is 4.54. The molecule has 1 aliphatic heterocycles. The Balaban J connectivity index is 1.91. The highest BCUT2D eigenvalue weighted by molar-refractivity contribution is 5.80. The third-order valence-electron chi connectivity index (χ3n) is 3.10. The van der Waals surface area contributed by atoms with Crippen LogP contribution in [0.1, 0.15) is 19.4 Å². The molecule has 0 fully saturated rings. The van der Waals surface area contributed by atoms with Crippen LogP contribution in [0.25, 0.3) is 0 Å². The van der Waals surface area contributed by atoms with Crippen LogP contribution in [-0.2, 0) is 16.0 Å². The Bertz CT molecular complexity index is 420. The van der Waals surface area contributed by atoms with Gasteiger partial charge in [-0.25, -0.2) is 0 Å². The lowest BCUT2D eigenvalue weighted by molar-refractivity contribution is -0.134. The molecule has 2 unspecified atom stereocenters. The van der Waals surface area contributed by atoms with Gasteiger partial charge in [-0.2, -0.15) is 0 Å². The van der Waals surface area contributed by atoms with Gasteiger partial charge in [-0.3, -0.25) is 4.79 Å². The molecule has 2 N–H and O–H groups in total. The SMILES string of the molecule is CCNC(=O)C(C)OC1CNc2ccccc2C1. The zero-order chi connectivity index (χ0) is 13.0. The van der Waals surface area contributed by atoms with Crippen LogP contribution < -0.4 is 10.6 Å². The number of nitrogens with one attached hydrogen (secondary N) is 2. The molecule has 1 aromatic rings. The molecule has 0 aromatic heterocycles. The van der Waals surface area contributed by atoms with Crippen LogP contribution in [0.15, 0.2) is 24.3 Å². The summed E-state index contributed by atoms with van der Waals surface area (Å²) in [6.07, 6.45) is 0.506. The number of rotatable bonds is 4. The summed E-state index contributed by atoms with van der Waals surface area (Å²) in [5.41, 5.74) is 2.42. The van der Waals surface area contributed by atoms with Crippen molar-refractivity contribution in [3.05, 3.63) is 29.8 Å². The van der Waals surface area contributed by atoms with Gasteiger partial charge in [0.25, 0.3) is 0 Å². The molecule has 0 saturated heterocycles. The molecule has 1 heterocycles. The maximum Gasteiger partial charge on any atom is 0.248 e. The Hall–Kier alpha value is -1.55. The fourth-order valence-corrected chi connectivity index (χ4v) is 2.18. The van der Waals surface area contributed by atoms with Gasteiger partial charge in [0.1, 0.15) is 6.10 Å². The highest BCUT2D eigenvalue weighted by Crippen LogP contribution is 2.22. The predicted octanol–water partition coefficient (Wildman–Crippen LogP) is 1.56. The van der Waals surface area contributed by atoms with E-state index in [-0.39, 0.29) is 12.0 Å². The molecule has 1 amide bonds. The lowest BCUT2D eigenvalue weighted by Crippen LogP contribution is -2.40. The van der Waals surface area contributed by atoms with E-state index in [1.54, 1.807) is 6.92 Å². The summed E-state index contributed by atoms with van der Waals surface area (Å²) in [4.78, 5) is 11.6. The fourth-order valence-electron chi connectivity index (χ4n) is 2.18. The number of para-hydroxylation sites is 1. The molecule has 18 heavy (non-hydrogen) atoms. The van der Waals surface area contributed by atoms with Crippen molar-refractivity contribution in [3.8, 4) is 0 Å². The lowest BCUT2D eigenvalue weighted by atomic mass is 10.0. The normalized spacial score (nSPS) is 19.6. The molecule has 2 atom stereocenters. The number of hydrogen-bond donors (Lipinski definition) is 2. The van der Waals surface area contributed by atoms with Crippen LogP contribution in [0.4, 0.5) is 5.69 Å². The van der Waals surface area contributed by atoms with Gasteiger partial charge in [0.05, 0.1) is 6.10 Å². The van der Waals surface area contributed by atoms with Crippen molar-refractivity contribution in [1.82, 2.24) is 5.32 Å². The first kappa shape index (κ1) is 12.9. The molecule has 0 bridgehead atoms. The Kier molecular flexibility index (Phi) is 4.20. The standard InChI is InChI=1S/C14H20N2O2/c1-3-15-14(17)10(2)18-12-8-11-6-4-5-7-13(11)16-9-12/h4-7,10,12,16H,3,8-9H2,1-2H3,(H,15,17). The maximum atomic E-state index is 11.6. The summed E-state index contributed by atoms with van der Waals surface area (Å²) < 4.78 is 5.79. The zero-order valence-corrected chi connectivity index (χ0v) is 10.9. The average molecular weight is 248 g/mol. The Morgan fingerprint density at radius 1 is 1.56 bits per heavy atom. The summed E-state index contributed by atoms with van der Waals surface area (Å²) in [5.74, 6) is -0.0450. The van der Waals surface area contributed by atoms with Gasteiger partial charge in [0.15, 0.2) is 0 Å². The summed E-state index contributed by atoms with van der Waals surface area (Å²) in [7, 11) is 0. The molecule has 4 heteroatoms. The zero-order valence-electron chi connectivity index (χ0n) is 10.9. The lowest BCUT2D eigenvalue weighted by Gasteiger charge is -2.28. The first-order valence-electron chi connectivity index (χ1n) is 6.45. The van der Waals surface area contributed by atoms with Gasteiger partial charge in [-0.15, -0.1) is 0 Å². The average Bonchev–Trinajstić information content (AvgIpc) is 2.39. The molecule has 0 saturated carbocycles. The van der Waals surface area contributed by atoms with Gasteiger partial charge in [0.2, 0.25) is 5.91 Å². The minimum atomic E-state index is -0.401. The van der Waals surface area contributed by atoms with Gasteiger partial charge >= 0.3 is 0 Å². The minimum Gasteiger partial charge on any atom is -0.382 e. The van der Waals surface area contributed by atoms with E-state index in [0.717, 1.165) is 13.0 Å². The van der Waals surface area contributed by atoms with Gasteiger partial charge in [0, 0.05) is 25.2 Å². The summed E-state index contributed by atoms with van der Waals surface area (Å²) >= 11 is 0. The van der Waals surface area contributed by atoms with Crippen molar-refractivity contribution in [2.75, 3.05) is 18.4 Å². The summed E-state index contributed by atoms with van der Waals surface area (Å²) in [5, 5.41) is 6.10. The number of anilines is 1. The largest absolute Gasteiger partial charge is 0.382 e. The van der Waals surface area contributed by atoms with Crippen molar-refractivity contribution in [3.63, 3.8) is 0 Å². The van der Waals surface area contributed by atoms with E-state index in [1.807, 2.05) is 19.1 Å². The Labute approximate surface area is 108 Å². The number of carbonyl (C=O) groups excluding carboxylic acids is 1. The third kappa shape index (κ3) is 3.01. The molecule has 4 nitrogen and oxygen atoms in total. The highest BCUT2D eigenvalue weighted by Gasteiger charge is 2.22. The van der Waals surface area contributed by atoms with E-state index in [9.17, 15) is 4.79 Å². The van der Waals surface area contributed by atoms with Gasteiger partial charge in [-0.05, 0) is 25.5 Å². The van der Waals surface area contributed by atoms with Crippen LogP contribution in [0.5, 0.6) is 0 Å². The van der Waals surface area contributed by atoms with E-state index < -0.39 is 6.10 Å². The number of likely N-dealkylation sites (N-methyl/N-ethyl adjacent to an activating group) is 1. The second kappa shape index (κ2) is 5.87. The minimum absolute atomic E-state index is 0.0450. The van der Waals surface area contributed by atoms with Crippen molar-refractivity contribution < 1.29 is 9.53 Å². The Morgan fingerprint density at radius 2 is 2.33 bits per heavy atom. The maximum absolute atomic E-state index is 11.6. The fraction of sp³-hybridized carbons (Fsp3) is 0.500. The van der Waals surface area contributed by atoms with Crippen molar-refractivity contribution in [1.29, 1.82) is 0 Å². The van der Waals surface area contributed by atoms with Gasteiger partial charge < -0.3 is 15.4 Å². The van der Waals surface area contributed by atoms with E-state index >= 15 is 0 Å². The van der Waals surface area contributed by atoms with Crippen LogP contribution >= 0.6 is 0 Å². The molecule has 0 spiro atoms. The monoisotopic (exact) mass is 248 g/mol. The van der Waals surface area contributed by atoms with E-state index in [4.69, 9.17) is 4.74 Å². The number of carbonyl (C=O) groups is 1. The molecular weight excluding hydrogens is 228 g/mol. The van der Waals surface area contributed by atoms with Gasteiger partial charge in [-0.1, -0.05) is 18.2 Å². The smallest absolute Gasteiger partial charge is 0.248 e. The Morgan fingerprint density at radius 3 is 3.11 bits per heavy atom. The predicted molar refractivity (Wildman–Crippen MR) is 71.7 cm³/mol. The summed E-state index contributed by atoms with van der Waals surface area (Å²) in [6, 6.07) is 8.20. The first-order valence-corrected chi connectivity index (χ1v) is 6.45. The number of benzene rings is 1. The van der Waals surface area contributed by atoms with Crippen molar-refractivity contribution in [2.24, 2.45) is 0 Å². The van der Waals surface area contributed by atoms with Crippen LogP contribution in [0, 0.1) is 0 Å². The molecule has 1 aromatic carbocycles. The molecular formula is C14H20N2O2. The number of amides is 1. The topological polar surface area (TPSA) is 50.4 Å². The molecule has 0 aliphatic carbocycles. The van der Waals surface area contributed by atoms with Crippen LogP contribution in [0.2, 0.25) is 0 Å².